The molecule has 0 bridgehead atoms. The van der Waals surface area contributed by atoms with Crippen LogP contribution < -0.4 is 10.2 Å². The van der Waals surface area contributed by atoms with Crippen LogP contribution in [-0.2, 0) is 0 Å². The number of anilines is 1. The Kier molecular flexibility index (Phi) is 5.44. The molecular formula is C13H20N4. The van der Waals surface area contributed by atoms with E-state index in [1.54, 1.807) is 0 Å². The highest BCUT2D eigenvalue weighted by atomic mass is 15.2. The molecule has 1 aromatic heterocycles. The lowest BCUT2D eigenvalue weighted by Gasteiger charge is -2.21. The van der Waals surface area contributed by atoms with Crippen LogP contribution in [0.1, 0.15) is 31.9 Å². The number of hydrogen-bond acceptors (Lipinski definition) is 4. The summed E-state index contributed by atoms with van der Waals surface area (Å²) in [5.41, 5.74) is 1.17. The lowest BCUT2D eigenvalue weighted by Crippen LogP contribution is -2.24. The molecule has 0 saturated carbocycles. The van der Waals surface area contributed by atoms with E-state index in [1.165, 1.54) is 5.56 Å². The molecule has 1 unspecified atom stereocenters. The fraction of sp³-hybridized carbons (Fsp3) is 0.538. The number of nitrogens with one attached hydrogen (secondary N) is 1. The van der Waals surface area contributed by atoms with Crippen molar-refractivity contribution in [2.75, 3.05) is 25.0 Å². The monoisotopic (exact) mass is 232 g/mol. The second-order valence-electron chi connectivity index (χ2n) is 3.95. The van der Waals surface area contributed by atoms with Gasteiger partial charge in [0.05, 0.1) is 12.5 Å². The first-order valence-corrected chi connectivity index (χ1v) is 5.98. The molecule has 1 atom stereocenters. The molecule has 1 rings (SSSR count). The van der Waals surface area contributed by atoms with Crippen molar-refractivity contribution < 1.29 is 0 Å². The normalized spacial score (nSPS) is 11.9. The molecule has 1 aromatic rings. The van der Waals surface area contributed by atoms with Crippen molar-refractivity contribution in [2.24, 2.45) is 0 Å². The number of pyridine rings is 1. The summed E-state index contributed by atoms with van der Waals surface area (Å²) in [6.45, 7) is 5.78. The van der Waals surface area contributed by atoms with Crippen molar-refractivity contribution in [1.82, 2.24) is 10.3 Å². The minimum atomic E-state index is 0.311. The molecule has 4 heteroatoms. The summed E-state index contributed by atoms with van der Waals surface area (Å²) in [6.07, 6.45) is 2.43. The highest BCUT2D eigenvalue weighted by molar-refractivity contribution is 5.39. The van der Waals surface area contributed by atoms with E-state index in [-0.39, 0.29) is 0 Å². The van der Waals surface area contributed by atoms with Gasteiger partial charge in [0.1, 0.15) is 5.82 Å². The first kappa shape index (κ1) is 13.5. The van der Waals surface area contributed by atoms with Crippen molar-refractivity contribution in [3.05, 3.63) is 23.9 Å². The Labute approximate surface area is 103 Å². The third-order valence-corrected chi connectivity index (χ3v) is 2.90. The average molecular weight is 232 g/mol. The third kappa shape index (κ3) is 3.72. The number of nitriles is 1. The van der Waals surface area contributed by atoms with Crippen LogP contribution in [0.4, 0.5) is 5.82 Å². The Bertz CT molecular complexity index is 366. The van der Waals surface area contributed by atoms with E-state index in [9.17, 15) is 0 Å². The van der Waals surface area contributed by atoms with E-state index < -0.39 is 0 Å². The van der Waals surface area contributed by atoms with E-state index in [1.807, 2.05) is 19.3 Å². The first-order chi connectivity index (χ1) is 8.22. The van der Waals surface area contributed by atoms with Gasteiger partial charge in [-0.2, -0.15) is 5.26 Å². The first-order valence-electron chi connectivity index (χ1n) is 5.98. The SMILES string of the molecule is CCN(CCC#N)c1ccc(C(C)NC)cn1. The van der Waals surface area contributed by atoms with Crippen molar-refractivity contribution in [2.45, 2.75) is 26.3 Å². The highest BCUT2D eigenvalue weighted by Gasteiger charge is 2.07. The maximum atomic E-state index is 8.60. The van der Waals surface area contributed by atoms with Crippen LogP contribution in [0.2, 0.25) is 0 Å². The molecule has 17 heavy (non-hydrogen) atoms. The van der Waals surface area contributed by atoms with E-state index >= 15 is 0 Å². The summed E-state index contributed by atoms with van der Waals surface area (Å²) in [5.74, 6) is 0.940. The van der Waals surface area contributed by atoms with Crippen molar-refractivity contribution in [3.8, 4) is 6.07 Å². The summed E-state index contributed by atoms with van der Waals surface area (Å²) in [4.78, 5) is 6.56. The molecule has 1 heterocycles. The summed E-state index contributed by atoms with van der Waals surface area (Å²) in [6, 6.07) is 6.57. The van der Waals surface area contributed by atoms with Gasteiger partial charge in [0.2, 0.25) is 0 Å². The van der Waals surface area contributed by atoms with Crippen molar-refractivity contribution in [3.63, 3.8) is 0 Å². The van der Waals surface area contributed by atoms with E-state index in [0.29, 0.717) is 12.5 Å². The van der Waals surface area contributed by atoms with Crippen LogP contribution in [0.15, 0.2) is 18.3 Å². The topological polar surface area (TPSA) is 52.0 Å². The summed E-state index contributed by atoms with van der Waals surface area (Å²) < 4.78 is 0. The molecule has 0 spiro atoms. The Morgan fingerprint density at radius 1 is 1.53 bits per heavy atom. The van der Waals surface area contributed by atoms with Gasteiger partial charge in [0, 0.05) is 25.3 Å². The van der Waals surface area contributed by atoms with Gasteiger partial charge in [-0.05, 0) is 32.5 Å². The summed E-state index contributed by atoms with van der Waals surface area (Å²) >= 11 is 0. The van der Waals surface area contributed by atoms with Gasteiger partial charge >= 0.3 is 0 Å². The van der Waals surface area contributed by atoms with Gasteiger partial charge < -0.3 is 10.2 Å². The van der Waals surface area contributed by atoms with Gasteiger partial charge in [0.25, 0.3) is 0 Å². The average Bonchev–Trinajstić information content (AvgIpc) is 2.39. The molecule has 0 aliphatic heterocycles. The summed E-state index contributed by atoms with van der Waals surface area (Å²) in [5, 5.41) is 11.8. The number of hydrogen-bond donors (Lipinski definition) is 1. The van der Waals surface area contributed by atoms with Crippen LogP contribution >= 0.6 is 0 Å². The zero-order valence-electron chi connectivity index (χ0n) is 10.8. The predicted octanol–water partition coefficient (Wildman–Crippen LogP) is 2.10. The third-order valence-electron chi connectivity index (χ3n) is 2.90. The van der Waals surface area contributed by atoms with Gasteiger partial charge in [-0.15, -0.1) is 0 Å². The Morgan fingerprint density at radius 3 is 2.76 bits per heavy atom. The standard InChI is InChI=1S/C13H20N4/c1-4-17(9-5-8-14)13-7-6-12(10-16-13)11(2)15-3/h6-7,10-11,15H,4-5,9H2,1-3H3. The molecule has 0 aliphatic rings. The van der Waals surface area contributed by atoms with E-state index in [4.69, 9.17) is 5.26 Å². The van der Waals surface area contributed by atoms with Gasteiger partial charge in [0.15, 0.2) is 0 Å². The molecule has 0 fully saturated rings. The van der Waals surface area contributed by atoms with E-state index in [2.05, 4.69) is 41.2 Å². The maximum absolute atomic E-state index is 8.60. The zero-order valence-corrected chi connectivity index (χ0v) is 10.8. The second-order valence-corrected chi connectivity index (χ2v) is 3.95. The highest BCUT2D eigenvalue weighted by Crippen LogP contribution is 2.15. The predicted molar refractivity (Wildman–Crippen MR) is 69.8 cm³/mol. The van der Waals surface area contributed by atoms with Gasteiger partial charge in [-0.25, -0.2) is 4.98 Å². The van der Waals surface area contributed by atoms with Crippen LogP contribution in [0.25, 0.3) is 0 Å². The van der Waals surface area contributed by atoms with Crippen LogP contribution in [-0.4, -0.2) is 25.1 Å². The van der Waals surface area contributed by atoms with Crippen LogP contribution in [0.5, 0.6) is 0 Å². The Morgan fingerprint density at radius 2 is 2.29 bits per heavy atom. The number of nitrogens with zero attached hydrogens (tertiary/aromatic N) is 3. The molecule has 0 saturated heterocycles. The van der Waals surface area contributed by atoms with Crippen molar-refractivity contribution >= 4 is 5.82 Å². The Hall–Kier alpha value is -1.60. The number of rotatable bonds is 6. The van der Waals surface area contributed by atoms with Crippen LogP contribution in [0.3, 0.4) is 0 Å². The molecule has 0 aliphatic carbocycles. The molecule has 0 aromatic carbocycles. The maximum Gasteiger partial charge on any atom is 0.128 e. The molecule has 0 amide bonds. The molecule has 1 N–H and O–H groups in total. The Balaban J connectivity index is 2.74. The van der Waals surface area contributed by atoms with Gasteiger partial charge in [-0.3, -0.25) is 0 Å². The van der Waals surface area contributed by atoms with E-state index in [0.717, 1.165) is 18.9 Å². The zero-order chi connectivity index (χ0) is 12.7. The van der Waals surface area contributed by atoms with Crippen LogP contribution in [0, 0.1) is 11.3 Å². The minimum Gasteiger partial charge on any atom is -0.356 e. The second kappa shape index (κ2) is 6.87. The fourth-order valence-corrected chi connectivity index (χ4v) is 1.63. The molecule has 4 nitrogen and oxygen atoms in total. The fourth-order valence-electron chi connectivity index (χ4n) is 1.63. The van der Waals surface area contributed by atoms with Crippen molar-refractivity contribution in [1.29, 1.82) is 5.26 Å². The largest absolute Gasteiger partial charge is 0.356 e. The smallest absolute Gasteiger partial charge is 0.128 e. The minimum absolute atomic E-state index is 0.311. The lowest BCUT2D eigenvalue weighted by atomic mass is 10.1. The quantitative estimate of drug-likeness (QED) is 0.816. The summed E-state index contributed by atoms with van der Waals surface area (Å²) in [7, 11) is 1.93. The van der Waals surface area contributed by atoms with Gasteiger partial charge in [-0.1, -0.05) is 6.07 Å². The molecular weight excluding hydrogens is 212 g/mol. The molecule has 92 valence electrons. The molecule has 0 radical (unpaired) electrons. The lowest BCUT2D eigenvalue weighted by molar-refractivity contribution is 0.649. The number of aromatic nitrogens is 1.